The lowest BCUT2D eigenvalue weighted by Gasteiger charge is -2.06. The van der Waals surface area contributed by atoms with Crippen molar-refractivity contribution < 1.29 is 12.8 Å². The average molecular weight is 284 g/mol. The molecule has 1 aromatic carbocycles. The Labute approximate surface area is 109 Å². The van der Waals surface area contributed by atoms with Gasteiger partial charge >= 0.3 is 0 Å². The SMILES string of the molecule is CCc1cc(NS(=O)(=O)c2ccc(F)c(N)c2)n[nH]1. The summed E-state index contributed by atoms with van der Waals surface area (Å²) in [5.41, 5.74) is 5.93. The molecule has 0 bridgehead atoms. The second kappa shape index (κ2) is 4.88. The van der Waals surface area contributed by atoms with Gasteiger partial charge in [0.2, 0.25) is 0 Å². The van der Waals surface area contributed by atoms with E-state index in [1.54, 1.807) is 6.07 Å². The summed E-state index contributed by atoms with van der Waals surface area (Å²) in [5.74, 6) is -0.480. The lowest BCUT2D eigenvalue weighted by molar-refractivity contribution is 0.600. The van der Waals surface area contributed by atoms with Gasteiger partial charge in [-0.2, -0.15) is 5.10 Å². The largest absolute Gasteiger partial charge is 0.396 e. The number of H-pyrrole nitrogens is 1. The van der Waals surface area contributed by atoms with Crippen molar-refractivity contribution in [1.29, 1.82) is 0 Å². The Balaban J connectivity index is 2.29. The van der Waals surface area contributed by atoms with Crippen molar-refractivity contribution in [2.24, 2.45) is 0 Å². The average Bonchev–Trinajstić information content (AvgIpc) is 2.79. The molecule has 4 N–H and O–H groups in total. The van der Waals surface area contributed by atoms with Crippen molar-refractivity contribution in [2.75, 3.05) is 10.5 Å². The van der Waals surface area contributed by atoms with Crippen LogP contribution in [0.15, 0.2) is 29.2 Å². The zero-order valence-corrected chi connectivity index (χ0v) is 11.0. The minimum atomic E-state index is -3.83. The Morgan fingerprint density at radius 1 is 1.42 bits per heavy atom. The van der Waals surface area contributed by atoms with Gasteiger partial charge in [-0.05, 0) is 24.6 Å². The fraction of sp³-hybridized carbons (Fsp3) is 0.182. The standard InChI is InChI=1S/C11H13FN4O2S/c1-2-7-5-11(15-14-7)16-19(17,18)8-3-4-9(12)10(13)6-8/h3-6H,2,13H2,1H3,(H2,14,15,16). The Morgan fingerprint density at radius 2 is 2.16 bits per heavy atom. The summed E-state index contributed by atoms with van der Waals surface area (Å²) in [6, 6.07) is 4.79. The third kappa shape index (κ3) is 2.84. The van der Waals surface area contributed by atoms with Crippen LogP contribution in [0.2, 0.25) is 0 Å². The van der Waals surface area contributed by atoms with Crippen LogP contribution in [0.3, 0.4) is 0 Å². The van der Waals surface area contributed by atoms with Gasteiger partial charge in [0.1, 0.15) is 5.82 Å². The van der Waals surface area contributed by atoms with Crippen molar-refractivity contribution in [1.82, 2.24) is 10.2 Å². The molecule has 0 fully saturated rings. The monoisotopic (exact) mass is 284 g/mol. The summed E-state index contributed by atoms with van der Waals surface area (Å²) < 4.78 is 39.3. The zero-order chi connectivity index (χ0) is 14.0. The molecule has 8 heteroatoms. The molecule has 0 atom stereocenters. The Hall–Kier alpha value is -2.09. The number of hydrogen-bond acceptors (Lipinski definition) is 4. The summed E-state index contributed by atoms with van der Waals surface area (Å²) in [7, 11) is -3.83. The quantitative estimate of drug-likeness (QED) is 0.740. The molecule has 0 amide bonds. The summed E-state index contributed by atoms with van der Waals surface area (Å²) >= 11 is 0. The van der Waals surface area contributed by atoms with Gasteiger partial charge in [-0.1, -0.05) is 6.92 Å². The number of aryl methyl sites for hydroxylation is 1. The smallest absolute Gasteiger partial charge is 0.263 e. The molecule has 0 saturated heterocycles. The highest BCUT2D eigenvalue weighted by molar-refractivity contribution is 7.92. The van der Waals surface area contributed by atoms with Crippen molar-refractivity contribution in [2.45, 2.75) is 18.2 Å². The van der Waals surface area contributed by atoms with Crippen molar-refractivity contribution in [3.05, 3.63) is 35.8 Å². The van der Waals surface area contributed by atoms with E-state index < -0.39 is 15.8 Å². The molecule has 0 spiro atoms. The number of benzene rings is 1. The molecule has 6 nitrogen and oxygen atoms in total. The van der Waals surface area contributed by atoms with E-state index in [1.165, 1.54) is 0 Å². The van der Waals surface area contributed by atoms with Crippen LogP contribution in [0.1, 0.15) is 12.6 Å². The number of halogens is 1. The van der Waals surface area contributed by atoms with Gasteiger partial charge < -0.3 is 5.73 Å². The van der Waals surface area contributed by atoms with Gasteiger partial charge in [0.25, 0.3) is 10.0 Å². The maximum atomic E-state index is 13.0. The molecule has 1 heterocycles. The number of hydrogen-bond donors (Lipinski definition) is 3. The van der Waals surface area contributed by atoms with Crippen LogP contribution < -0.4 is 10.5 Å². The van der Waals surface area contributed by atoms with Crippen LogP contribution in [0.5, 0.6) is 0 Å². The molecular weight excluding hydrogens is 271 g/mol. The number of sulfonamides is 1. The molecule has 2 aromatic rings. The van der Waals surface area contributed by atoms with Gasteiger partial charge in [-0.3, -0.25) is 9.82 Å². The van der Waals surface area contributed by atoms with Crippen molar-refractivity contribution >= 4 is 21.5 Å². The van der Waals surface area contributed by atoms with Gasteiger partial charge in [0, 0.05) is 11.8 Å². The Kier molecular flexibility index (Phi) is 3.43. The molecule has 0 radical (unpaired) electrons. The summed E-state index contributed by atoms with van der Waals surface area (Å²) in [4.78, 5) is -0.118. The van der Waals surface area contributed by atoms with E-state index in [2.05, 4.69) is 14.9 Å². The van der Waals surface area contributed by atoms with E-state index in [4.69, 9.17) is 5.73 Å². The fourth-order valence-corrected chi connectivity index (χ4v) is 2.51. The zero-order valence-electron chi connectivity index (χ0n) is 10.1. The minimum absolute atomic E-state index is 0.118. The molecule has 0 aliphatic carbocycles. The van der Waals surface area contributed by atoms with Gasteiger partial charge in [-0.15, -0.1) is 0 Å². The number of nitrogens with zero attached hydrogens (tertiary/aromatic N) is 1. The number of aromatic amines is 1. The molecule has 0 aliphatic heterocycles. The second-order valence-corrected chi connectivity index (χ2v) is 5.60. The van der Waals surface area contributed by atoms with E-state index in [9.17, 15) is 12.8 Å². The molecule has 102 valence electrons. The first-order valence-electron chi connectivity index (χ1n) is 5.54. The van der Waals surface area contributed by atoms with Crippen molar-refractivity contribution in [3.63, 3.8) is 0 Å². The third-order valence-electron chi connectivity index (χ3n) is 2.53. The van der Waals surface area contributed by atoms with Crippen LogP contribution in [0, 0.1) is 5.82 Å². The van der Waals surface area contributed by atoms with Crippen molar-refractivity contribution in [3.8, 4) is 0 Å². The van der Waals surface area contributed by atoms with Gasteiger partial charge in [0.15, 0.2) is 5.82 Å². The number of nitrogens with two attached hydrogens (primary N) is 1. The Bertz CT molecular complexity index is 696. The summed E-state index contributed by atoms with van der Waals surface area (Å²) in [6.07, 6.45) is 0.707. The number of aromatic nitrogens is 2. The fourth-order valence-electron chi connectivity index (χ4n) is 1.48. The topological polar surface area (TPSA) is 101 Å². The predicted octanol–water partition coefficient (Wildman–Crippen LogP) is 1.49. The predicted molar refractivity (Wildman–Crippen MR) is 69.6 cm³/mol. The first-order chi connectivity index (χ1) is 8.92. The Morgan fingerprint density at radius 3 is 2.74 bits per heavy atom. The third-order valence-corrected chi connectivity index (χ3v) is 3.88. The summed E-state index contributed by atoms with van der Waals surface area (Å²) in [5, 5.41) is 6.51. The number of nitrogens with one attached hydrogen (secondary N) is 2. The molecule has 0 aliphatic rings. The highest BCUT2D eigenvalue weighted by Crippen LogP contribution is 2.19. The normalized spacial score (nSPS) is 11.5. The number of anilines is 2. The van der Waals surface area contributed by atoms with Crippen LogP contribution in [0.25, 0.3) is 0 Å². The highest BCUT2D eigenvalue weighted by atomic mass is 32.2. The lowest BCUT2D eigenvalue weighted by Crippen LogP contribution is -2.13. The highest BCUT2D eigenvalue weighted by Gasteiger charge is 2.17. The molecule has 0 saturated carbocycles. The van der Waals surface area contributed by atoms with Gasteiger partial charge in [-0.25, -0.2) is 12.8 Å². The van der Waals surface area contributed by atoms with E-state index in [1.807, 2.05) is 6.92 Å². The maximum Gasteiger partial charge on any atom is 0.263 e. The second-order valence-electron chi connectivity index (χ2n) is 3.92. The summed E-state index contributed by atoms with van der Waals surface area (Å²) in [6.45, 7) is 1.91. The maximum absolute atomic E-state index is 13.0. The molecule has 2 rings (SSSR count). The number of rotatable bonds is 4. The van der Waals surface area contributed by atoms with Crippen LogP contribution in [-0.4, -0.2) is 18.6 Å². The molecular formula is C11H13FN4O2S. The minimum Gasteiger partial charge on any atom is -0.396 e. The van der Waals surface area contributed by atoms with E-state index in [0.717, 1.165) is 23.9 Å². The number of nitrogen functional groups attached to an aromatic ring is 1. The van der Waals surface area contributed by atoms with E-state index in [0.29, 0.717) is 6.42 Å². The first-order valence-corrected chi connectivity index (χ1v) is 7.03. The van der Waals surface area contributed by atoms with Crippen LogP contribution in [0.4, 0.5) is 15.9 Å². The van der Waals surface area contributed by atoms with E-state index in [-0.39, 0.29) is 16.4 Å². The van der Waals surface area contributed by atoms with E-state index >= 15 is 0 Å². The lowest BCUT2D eigenvalue weighted by atomic mass is 10.3. The molecule has 1 aromatic heterocycles. The molecule has 0 unspecified atom stereocenters. The molecule has 19 heavy (non-hydrogen) atoms. The first kappa shape index (κ1) is 13.3. The van der Waals surface area contributed by atoms with Gasteiger partial charge in [0.05, 0.1) is 10.6 Å². The van der Waals surface area contributed by atoms with Crippen LogP contribution in [-0.2, 0) is 16.4 Å². The van der Waals surface area contributed by atoms with Crippen LogP contribution >= 0.6 is 0 Å².